The lowest BCUT2D eigenvalue weighted by atomic mass is 10.1. The fourth-order valence-corrected chi connectivity index (χ4v) is 6.15. The van der Waals surface area contributed by atoms with Crippen LogP contribution >= 0.6 is 0 Å². The van der Waals surface area contributed by atoms with E-state index in [2.05, 4.69) is 95.2 Å². The number of allylic oxidation sites excluding steroid dienone is 1. The predicted octanol–water partition coefficient (Wildman–Crippen LogP) is 5.99. The van der Waals surface area contributed by atoms with Crippen molar-refractivity contribution in [1.29, 1.82) is 10.5 Å². The molecule has 0 saturated carbocycles. The Hall–Kier alpha value is -6.13. The third-order valence-electron chi connectivity index (χ3n) is 8.19. The van der Waals surface area contributed by atoms with E-state index in [1.165, 1.54) is 0 Å². The molecular formula is C35H28N10. The van der Waals surface area contributed by atoms with Crippen LogP contribution in [0.2, 0.25) is 0 Å². The molecule has 45 heavy (non-hydrogen) atoms. The van der Waals surface area contributed by atoms with Gasteiger partial charge >= 0.3 is 0 Å². The zero-order valence-electron chi connectivity index (χ0n) is 25.7. The van der Waals surface area contributed by atoms with Crippen LogP contribution in [0.15, 0.2) is 60.4 Å². The zero-order chi connectivity index (χ0) is 31.6. The lowest BCUT2D eigenvalue weighted by Gasteiger charge is -2.28. The smallest absolute Gasteiger partial charge is 0.185 e. The molecule has 0 aliphatic carbocycles. The van der Waals surface area contributed by atoms with Crippen LogP contribution in [0.4, 0.5) is 23.0 Å². The Morgan fingerprint density at radius 1 is 0.644 bits per heavy atom. The highest BCUT2D eigenvalue weighted by atomic mass is 15.5. The minimum Gasteiger partial charge on any atom is -0.276 e. The topological polar surface area (TPSA) is 123 Å². The van der Waals surface area contributed by atoms with Gasteiger partial charge in [0.1, 0.15) is 23.8 Å². The first-order chi connectivity index (χ1) is 21.7. The summed E-state index contributed by atoms with van der Waals surface area (Å²) in [4.78, 5) is 19.2. The van der Waals surface area contributed by atoms with Gasteiger partial charge in [-0.25, -0.2) is 15.0 Å². The van der Waals surface area contributed by atoms with Crippen molar-refractivity contribution in [2.24, 2.45) is 0 Å². The number of para-hydroxylation sites is 2. The molecule has 218 valence electrons. The van der Waals surface area contributed by atoms with E-state index in [1.54, 1.807) is 16.8 Å². The van der Waals surface area contributed by atoms with Crippen LogP contribution in [0.3, 0.4) is 0 Å². The minimum absolute atomic E-state index is 0.262. The molecule has 0 radical (unpaired) electrons. The van der Waals surface area contributed by atoms with E-state index in [1.807, 2.05) is 32.1 Å². The van der Waals surface area contributed by atoms with Gasteiger partial charge in [0.15, 0.2) is 17.3 Å². The third-order valence-corrected chi connectivity index (χ3v) is 8.19. The van der Waals surface area contributed by atoms with Crippen molar-refractivity contribution in [2.45, 2.75) is 41.5 Å². The first-order valence-electron chi connectivity index (χ1n) is 14.5. The highest BCUT2D eigenvalue weighted by molar-refractivity contribution is 5.96. The lowest BCUT2D eigenvalue weighted by molar-refractivity contribution is 0.793. The van der Waals surface area contributed by atoms with E-state index in [0.717, 1.165) is 50.4 Å². The maximum absolute atomic E-state index is 9.76. The van der Waals surface area contributed by atoms with E-state index in [4.69, 9.17) is 9.97 Å². The molecule has 0 spiro atoms. The van der Waals surface area contributed by atoms with Gasteiger partial charge in [-0.3, -0.25) is 9.80 Å². The number of aromatic nitrogens is 6. The molecule has 0 unspecified atom stereocenters. The Morgan fingerprint density at radius 3 is 1.60 bits per heavy atom. The Morgan fingerprint density at radius 2 is 1.13 bits per heavy atom. The summed E-state index contributed by atoms with van der Waals surface area (Å²) in [6, 6.07) is 20.0. The first-order valence-corrected chi connectivity index (χ1v) is 14.5. The maximum Gasteiger partial charge on any atom is 0.185 e. The molecule has 1 aliphatic rings. The number of anilines is 4. The number of benzene rings is 3. The molecule has 10 nitrogen and oxygen atoms in total. The van der Waals surface area contributed by atoms with Crippen LogP contribution < -0.4 is 15.0 Å². The van der Waals surface area contributed by atoms with Gasteiger partial charge in [-0.1, -0.05) is 36.4 Å². The molecule has 6 aromatic rings. The van der Waals surface area contributed by atoms with Gasteiger partial charge in [-0.15, -0.1) is 9.73 Å². The van der Waals surface area contributed by atoms with Crippen LogP contribution in [-0.2, 0) is 0 Å². The fraction of sp³-hybridized carbons (Fsp3) is 0.171. The number of nitrogens with zero attached hydrogens (tertiary/aromatic N) is 10. The van der Waals surface area contributed by atoms with E-state index < -0.39 is 0 Å². The molecule has 0 fully saturated rings. The van der Waals surface area contributed by atoms with Gasteiger partial charge in [-0.05, 0) is 88.1 Å². The maximum atomic E-state index is 9.76. The van der Waals surface area contributed by atoms with Crippen molar-refractivity contribution in [2.75, 3.05) is 9.80 Å². The van der Waals surface area contributed by atoms with Gasteiger partial charge in [0.2, 0.25) is 0 Å². The SMILES string of the molecule is Cc1nc2/c(=C\C=C3N(c4c(C)cccc4C)c4nc5cc(C#N)c(C#N)cc5nc4N3c3c(C)cccc3C)c(C)nn2n1. The number of hydrogen-bond donors (Lipinski definition) is 0. The number of nitriles is 2. The molecule has 3 aromatic heterocycles. The molecule has 10 heteroatoms. The summed E-state index contributed by atoms with van der Waals surface area (Å²) in [6.07, 6.45) is 4.08. The van der Waals surface area contributed by atoms with Crippen molar-refractivity contribution in [3.05, 3.63) is 111 Å². The summed E-state index contributed by atoms with van der Waals surface area (Å²) in [5, 5.41) is 29.4. The van der Waals surface area contributed by atoms with Crippen LogP contribution in [0.25, 0.3) is 22.8 Å². The molecule has 0 atom stereocenters. The lowest BCUT2D eigenvalue weighted by Crippen LogP contribution is -2.24. The van der Waals surface area contributed by atoms with E-state index in [-0.39, 0.29) is 11.1 Å². The zero-order valence-corrected chi connectivity index (χ0v) is 25.7. The van der Waals surface area contributed by atoms with Crippen molar-refractivity contribution in [3.8, 4) is 12.1 Å². The summed E-state index contributed by atoms with van der Waals surface area (Å²) in [6.45, 7) is 12.1. The molecule has 0 amide bonds. The number of fused-ring (bicyclic) bond motifs is 3. The fourth-order valence-electron chi connectivity index (χ4n) is 6.15. The van der Waals surface area contributed by atoms with Crippen molar-refractivity contribution < 1.29 is 0 Å². The third kappa shape index (κ3) is 4.27. The molecule has 7 rings (SSSR count). The monoisotopic (exact) mass is 588 g/mol. The molecular weight excluding hydrogens is 560 g/mol. The second-order valence-electron chi connectivity index (χ2n) is 11.3. The standard InChI is InChI=1S/C35H28N10/c1-19-9-7-10-20(2)31(19)43-30(14-13-27-23(5)41-45-33(27)38-24(6)42-45)44(32-21(3)11-8-12-22(32)4)35-34(43)39-28-15-25(17-36)26(18-37)16-29(28)40-35/h7-16H,1-6H3/b27-13-. The molecule has 0 N–H and O–H groups in total. The number of rotatable bonds is 3. The largest absolute Gasteiger partial charge is 0.276 e. The highest BCUT2D eigenvalue weighted by Gasteiger charge is 2.39. The highest BCUT2D eigenvalue weighted by Crippen LogP contribution is 2.51. The van der Waals surface area contributed by atoms with Crippen LogP contribution in [0.1, 0.15) is 44.9 Å². The Labute approximate surface area is 259 Å². The summed E-state index contributed by atoms with van der Waals surface area (Å²) >= 11 is 0. The quantitative estimate of drug-likeness (QED) is 0.245. The van der Waals surface area contributed by atoms with Gasteiger partial charge < -0.3 is 0 Å². The van der Waals surface area contributed by atoms with Crippen LogP contribution in [0, 0.1) is 64.2 Å². The summed E-state index contributed by atoms with van der Waals surface area (Å²) in [5.41, 5.74) is 9.31. The predicted molar refractivity (Wildman–Crippen MR) is 173 cm³/mol. The van der Waals surface area contributed by atoms with Crippen molar-refractivity contribution >= 4 is 45.8 Å². The number of hydrogen-bond acceptors (Lipinski definition) is 9. The molecule has 1 aliphatic heterocycles. The van der Waals surface area contributed by atoms with Crippen molar-refractivity contribution in [3.63, 3.8) is 0 Å². The number of aryl methyl sites for hydroxylation is 6. The van der Waals surface area contributed by atoms with E-state index in [9.17, 15) is 10.5 Å². The van der Waals surface area contributed by atoms with Gasteiger partial charge in [0.25, 0.3) is 0 Å². The van der Waals surface area contributed by atoms with Gasteiger partial charge in [0.05, 0.1) is 39.2 Å². The summed E-state index contributed by atoms with van der Waals surface area (Å²) < 4.78 is 1.57. The minimum atomic E-state index is 0.262. The average molecular weight is 589 g/mol. The second-order valence-corrected chi connectivity index (χ2v) is 11.3. The summed E-state index contributed by atoms with van der Waals surface area (Å²) in [5.74, 6) is 2.70. The van der Waals surface area contributed by atoms with Gasteiger partial charge in [0, 0.05) is 5.22 Å². The first kappa shape index (κ1) is 27.7. The van der Waals surface area contributed by atoms with Crippen LogP contribution in [0.5, 0.6) is 0 Å². The van der Waals surface area contributed by atoms with Crippen molar-refractivity contribution in [1.82, 2.24) is 29.8 Å². The Balaban J connectivity index is 1.62. The molecule has 0 saturated heterocycles. The van der Waals surface area contributed by atoms with Crippen LogP contribution in [-0.4, -0.2) is 29.8 Å². The molecule has 4 heterocycles. The Kier molecular flexibility index (Phi) is 6.31. The molecule has 3 aromatic carbocycles. The normalized spacial score (nSPS) is 13.1. The van der Waals surface area contributed by atoms with E-state index in [0.29, 0.717) is 34.1 Å². The second kappa shape index (κ2) is 10.2. The average Bonchev–Trinajstić information content (AvgIpc) is 3.61. The van der Waals surface area contributed by atoms with E-state index >= 15 is 0 Å². The van der Waals surface area contributed by atoms with Gasteiger partial charge in [-0.2, -0.15) is 15.6 Å². The molecule has 0 bridgehead atoms. The Bertz CT molecular complexity index is 2230. The summed E-state index contributed by atoms with van der Waals surface area (Å²) in [7, 11) is 0.